The molecule has 0 radical (unpaired) electrons. The largest absolute Gasteiger partial charge is 0.459 e. The molecule has 1 amide bonds. The van der Waals surface area contributed by atoms with Crippen LogP contribution in [-0.4, -0.2) is 99.7 Å². The van der Waals surface area contributed by atoms with Crippen LogP contribution in [0.4, 0.5) is 0 Å². The fraction of sp³-hybridized carbons (Fsp3) is 0.567. The summed E-state index contributed by atoms with van der Waals surface area (Å²) in [5, 5.41) is 13.0. The van der Waals surface area contributed by atoms with E-state index in [1.165, 1.54) is 5.56 Å². The Kier molecular flexibility index (Phi) is 10.9. The summed E-state index contributed by atoms with van der Waals surface area (Å²) in [7, 11) is 0. The molecule has 1 aromatic heterocycles. The maximum absolute atomic E-state index is 13.7. The van der Waals surface area contributed by atoms with Crippen LogP contribution >= 0.6 is 11.3 Å². The lowest BCUT2D eigenvalue weighted by Gasteiger charge is -2.39. The summed E-state index contributed by atoms with van der Waals surface area (Å²) in [5.41, 5.74) is 2.32. The number of fused-ring (bicyclic) bond motifs is 1. The molecule has 1 fully saturated rings. The van der Waals surface area contributed by atoms with Crippen LogP contribution in [0.1, 0.15) is 30.4 Å². The summed E-state index contributed by atoms with van der Waals surface area (Å²) in [6.07, 6.45) is 2.14. The lowest BCUT2D eigenvalue weighted by Crippen LogP contribution is -2.50. The number of thiophene rings is 1. The Morgan fingerprint density at radius 2 is 1.85 bits per heavy atom. The van der Waals surface area contributed by atoms with Crippen LogP contribution in [0.5, 0.6) is 11.5 Å². The SMILES string of the molecule is CCO[C@H]1OC(C(=O)N2CCN(Cc3ccc4c(c3)OCO4)CC2)=C[C@@H](c2ccsc2)[C@@H]1CCOCCOCCO. The van der Waals surface area contributed by atoms with E-state index in [9.17, 15) is 4.79 Å². The van der Waals surface area contributed by atoms with Crippen LogP contribution < -0.4 is 9.47 Å². The van der Waals surface area contributed by atoms with Gasteiger partial charge in [0.25, 0.3) is 5.91 Å². The fourth-order valence-electron chi connectivity index (χ4n) is 5.44. The standard InChI is InChI=1S/C30H40N2O8S/c1-2-37-30-24(5-12-35-14-15-36-13-11-33)25(23-6-16-41-20-23)18-28(40-30)29(34)32-9-7-31(8-10-32)19-22-3-4-26-27(17-22)39-21-38-26/h3-4,6,16-18,20,24-25,30,33H,2,5,7-15,19,21H2,1H3/t24-,25-,30-/m0/s1. The molecule has 1 saturated heterocycles. The molecule has 3 aliphatic heterocycles. The Labute approximate surface area is 245 Å². The number of piperazine rings is 1. The second kappa shape index (κ2) is 15.0. The van der Waals surface area contributed by atoms with Gasteiger partial charge in [0.15, 0.2) is 17.3 Å². The van der Waals surface area contributed by atoms with Crippen LogP contribution in [0.15, 0.2) is 46.9 Å². The molecule has 0 unspecified atom stereocenters. The number of hydrogen-bond donors (Lipinski definition) is 1. The zero-order valence-corrected chi connectivity index (χ0v) is 24.4. The summed E-state index contributed by atoms with van der Waals surface area (Å²) in [6.45, 7) is 8.01. The van der Waals surface area contributed by atoms with Crippen LogP contribution in [0, 0.1) is 5.92 Å². The summed E-state index contributed by atoms with van der Waals surface area (Å²) in [5.74, 6) is 1.82. The Balaban J connectivity index is 1.20. The molecule has 2 aromatic rings. The van der Waals surface area contributed by atoms with E-state index in [1.54, 1.807) is 11.3 Å². The number of aliphatic hydroxyl groups excluding tert-OH is 1. The zero-order chi connectivity index (χ0) is 28.4. The molecule has 11 heteroatoms. The van der Waals surface area contributed by atoms with Crippen molar-refractivity contribution in [1.29, 1.82) is 0 Å². The average Bonchev–Trinajstić information content (AvgIpc) is 3.70. The molecule has 1 N–H and O–H groups in total. The van der Waals surface area contributed by atoms with Crippen molar-refractivity contribution in [3.05, 3.63) is 58.0 Å². The van der Waals surface area contributed by atoms with Gasteiger partial charge in [-0.25, -0.2) is 0 Å². The minimum atomic E-state index is -0.546. The maximum atomic E-state index is 13.7. The van der Waals surface area contributed by atoms with Crippen LogP contribution in [0.3, 0.4) is 0 Å². The maximum Gasteiger partial charge on any atom is 0.288 e. The first-order valence-electron chi connectivity index (χ1n) is 14.3. The second-order valence-corrected chi connectivity index (χ2v) is 11.0. The van der Waals surface area contributed by atoms with E-state index in [-0.39, 0.29) is 31.1 Å². The molecule has 0 aliphatic carbocycles. The van der Waals surface area contributed by atoms with Gasteiger partial charge in [-0.3, -0.25) is 9.69 Å². The van der Waals surface area contributed by atoms with E-state index in [0.717, 1.165) is 36.7 Å². The van der Waals surface area contributed by atoms with E-state index in [1.807, 2.05) is 30.0 Å². The predicted octanol–water partition coefficient (Wildman–Crippen LogP) is 3.21. The van der Waals surface area contributed by atoms with Crippen molar-refractivity contribution in [2.45, 2.75) is 32.1 Å². The van der Waals surface area contributed by atoms with E-state index < -0.39 is 6.29 Å². The molecule has 224 valence electrons. The number of carbonyl (C=O) groups is 1. The smallest absolute Gasteiger partial charge is 0.288 e. The molecule has 10 nitrogen and oxygen atoms in total. The number of amides is 1. The van der Waals surface area contributed by atoms with Gasteiger partial charge in [0.2, 0.25) is 13.1 Å². The number of benzene rings is 1. The van der Waals surface area contributed by atoms with E-state index in [0.29, 0.717) is 58.3 Å². The Morgan fingerprint density at radius 1 is 1.05 bits per heavy atom. The second-order valence-electron chi connectivity index (χ2n) is 10.2. The first-order chi connectivity index (χ1) is 20.2. The first-order valence-corrected chi connectivity index (χ1v) is 15.3. The number of nitrogens with zero attached hydrogens (tertiary/aromatic N) is 2. The third kappa shape index (κ3) is 7.79. The number of rotatable bonds is 14. The minimum Gasteiger partial charge on any atom is -0.459 e. The lowest BCUT2D eigenvalue weighted by atomic mass is 9.82. The van der Waals surface area contributed by atoms with Crippen LogP contribution in [0.25, 0.3) is 0 Å². The van der Waals surface area contributed by atoms with Crippen molar-refractivity contribution in [1.82, 2.24) is 9.80 Å². The third-order valence-corrected chi connectivity index (χ3v) is 8.26. The van der Waals surface area contributed by atoms with Gasteiger partial charge in [-0.2, -0.15) is 11.3 Å². The highest BCUT2D eigenvalue weighted by molar-refractivity contribution is 7.08. The minimum absolute atomic E-state index is 0.00184. The highest BCUT2D eigenvalue weighted by Gasteiger charge is 2.39. The highest BCUT2D eigenvalue weighted by atomic mass is 32.1. The Morgan fingerprint density at radius 3 is 2.61 bits per heavy atom. The molecule has 1 aromatic carbocycles. The molecule has 5 rings (SSSR count). The van der Waals surface area contributed by atoms with Crippen molar-refractivity contribution < 1.29 is 38.3 Å². The number of allylic oxidation sites excluding steroid dienone is 1. The Hall–Kier alpha value is -2.67. The molecule has 3 aliphatic rings. The number of aliphatic hydroxyl groups is 1. The van der Waals surface area contributed by atoms with E-state index in [4.69, 9.17) is 33.5 Å². The molecule has 4 heterocycles. The average molecular weight is 589 g/mol. The van der Waals surface area contributed by atoms with E-state index >= 15 is 0 Å². The monoisotopic (exact) mass is 588 g/mol. The molecular weight excluding hydrogens is 548 g/mol. The summed E-state index contributed by atoms with van der Waals surface area (Å²) in [6, 6.07) is 8.16. The molecule has 0 spiro atoms. The number of carbonyl (C=O) groups excluding carboxylic acids is 1. The number of hydrogen-bond acceptors (Lipinski definition) is 10. The summed E-state index contributed by atoms with van der Waals surface area (Å²) < 4.78 is 34.3. The third-order valence-electron chi connectivity index (χ3n) is 7.56. The van der Waals surface area contributed by atoms with Gasteiger partial charge in [-0.05, 0) is 59.5 Å². The molecule has 3 atom stereocenters. The van der Waals surface area contributed by atoms with Gasteiger partial charge in [-0.1, -0.05) is 6.07 Å². The molecular formula is C30H40N2O8S. The quantitative estimate of drug-likeness (QED) is 0.334. The Bertz CT molecular complexity index is 1140. The van der Waals surface area contributed by atoms with Crippen molar-refractivity contribution in [3.63, 3.8) is 0 Å². The van der Waals surface area contributed by atoms with Crippen LogP contribution in [-0.2, 0) is 30.3 Å². The highest BCUT2D eigenvalue weighted by Crippen LogP contribution is 2.40. The first kappa shape index (κ1) is 29.8. The van der Waals surface area contributed by atoms with Gasteiger partial charge < -0.3 is 38.4 Å². The van der Waals surface area contributed by atoms with Gasteiger partial charge in [0.05, 0.1) is 26.4 Å². The molecule has 0 bridgehead atoms. The molecule has 41 heavy (non-hydrogen) atoms. The van der Waals surface area contributed by atoms with Crippen molar-refractivity contribution in [3.8, 4) is 11.5 Å². The number of ether oxygens (including phenoxy) is 6. The normalized spacial score (nSPS) is 22.4. The van der Waals surface area contributed by atoms with Crippen molar-refractivity contribution in [2.24, 2.45) is 5.92 Å². The summed E-state index contributed by atoms with van der Waals surface area (Å²) in [4.78, 5) is 17.9. The van der Waals surface area contributed by atoms with Crippen molar-refractivity contribution in [2.75, 3.05) is 72.6 Å². The summed E-state index contributed by atoms with van der Waals surface area (Å²) >= 11 is 1.64. The molecule has 0 saturated carbocycles. The topological polar surface area (TPSA) is 99.2 Å². The lowest BCUT2D eigenvalue weighted by molar-refractivity contribution is -0.172. The van der Waals surface area contributed by atoms with Gasteiger partial charge in [0, 0.05) is 57.8 Å². The van der Waals surface area contributed by atoms with Gasteiger partial charge in [0.1, 0.15) is 0 Å². The van der Waals surface area contributed by atoms with Crippen LogP contribution in [0.2, 0.25) is 0 Å². The van der Waals surface area contributed by atoms with E-state index in [2.05, 4.69) is 27.8 Å². The predicted molar refractivity (Wildman–Crippen MR) is 153 cm³/mol. The fourth-order valence-corrected chi connectivity index (χ4v) is 6.15. The zero-order valence-electron chi connectivity index (χ0n) is 23.6. The van der Waals surface area contributed by atoms with Gasteiger partial charge in [-0.15, -0.1) is 0 Å². The van der Waals surface area contributed by atoms with Crippen molar-refractivity contribution >= 4 is 17.2 Å². The van der Waals surface area contributed by atoms with Gasteiger partial charge >= 0.3 is 0 Å².